The summed E-state index contributed by atoms with van der Waals surface area (Å²) < 4.78 is 6.29. The minimum Gasteiger partial charge on any atom is -0.372 e. The van der Waals surface area contributed by atoms with E-state index in [2.05, 4.69) is 27.8 Å². The molecule has 43 heavy (non-hydrogen) atoms. The summed E-state index contributed by atoms with van der Waals surface area (Å²) in [5.41, 5.74) is 15.5. The summed E-state index contributed by atoms with van der Waals surface area (Å²) in [6.07, 6.45) is 3.07. The zero-order valence-corrected chi connectivity index (χ0v) is 24.5. The second-order valence-electron chi connectivity index (χ2n) is 11.4. The fourth-order valence-electron chi connectivity index (χ4n) is 6.02. The Morgan fingerprint density at radius 3 is 2.35 bits per heavy atom. The Bertz CT molecular complexity index is 1380. The number of fused-ring (bicyclic) bond motifs is 1. The van der Waals surface area contributed by atoms with Crippen LogP contribution in [-0.2, 0) is 40.3 Å². The van der Waals surface area contributed by atoms with Crippen molar-refractivity contribution >= 4 is 17.8 Å². The lowest BCUT2D eigenvalue weighted by Crippen LogP contribution is -2.56. The monoisotopic (exact) mass is 582 g/mol. The molecule has 226 valence electrons. The largest absolute Gasteiger partial charge is 0.372 e. The van der Waals surface area contributed by atoms with E-state index < -0.39 is 12.1 Å². The van der Waals surface area contributed by atoms with Gasteiger partial charge in [-0.3, -0.25) is 14.6 Å². The molecular formula is C34H42N6O3. The first-order valence-electron chi connectivity index (χ1n) is 15.1. The minimum atomic E-state index is -0.707. The van der Waals surface area contributed by atoms with E-state index in [4.69, 9.17) is 16.2 Å². The van der Waals surface area contributed by atoms with Gasteiger partial charge in [0, 0.05) is 32.1 Å². The second kappa shape index (κ2) is 14.8. The van der Waals surface area contributed by atoms with E-state index in [1.807, 2.05) is 77.7 Å². The molecule has 1 saturated heterocycles. The molecule has 0 unspecified atom stereocenters. The van der Waals surface area contributed by atoms with Crippen molar-refractivity contribution in [2.75, 3.05) is 13.1 Å². The highest BCUT2D eigenvalue weighted by molar-refractivity contribution is 5.90. The number of guanidine groups is 1. The molecule has 9 heteroatoms. The number of carbonyl (C=O) groups is 2. The number of amides is 2. The van der Waals surface area contributed by atoms with Gasteiger partial charge in [0.05, 0.1) is 18.8 Å². The van der Waals surface area contributed by atoms with Gasteiger partial charge >= 0.3 is 0 Å². The molecule has 0 bridgehead atoms. The Morgan fingerprint density at radius 2 is 1.63 bits per heavy atom. The number of ether oxygens (including phenoxy) is 1. The van der Waals surface area contributed by atoms with Crippen LogP contribution in [0.1, 0.15) is 41.5 Å². The number of hydrogen-bond donors (Lipinski definition) is 4. The Kier molecular flexibility index (Phi) is 10.4. The smallest absolute Gasteiger partial charge is 0.245 e. The molecule has 1 fully saturated rings. The van der Waals surface area contributed by atoms with Crippen LogP contribution in [0.15, 0.2) is 89.9 Å². The van der Waals surface area contributed by atoms with E-state index in [1.165, 1.54) is 5.56 Å². The fourth-order valence-corrected chi connectivity index (χ4v) is 6.02. The first kappa shape index (κ1) is 30.3. The highest BCUT2D eigenvalue weighted by atomic mass is 16.5. The number of benzene rings is 3. The molecule has 0 aromatic heterocycles. The third-order valence-corrected chi connectivity index (χ3v) is 8.27. The molecule has 0 aliphatic carbocycles. The summed E-state index contributed by atoms with van der Waals surface area (Å²) in [7, 11) is 0. The van der Waals surface area contributed by atoms with E-state index in [0.29, 0.717) is 45.5 Å². The van der Waals surface area contributed by atoms with Crippen LogP contribution in [-0.4, -0.2) is 60.0 Å². The fraction of sp³-hybridized carbons (Fsp3) is 0.382. The summed E-state index contributed by atoms with van der Waals surface area (Å²) in [5.74, 6) is -0.191. The summed E-state index contributed by atoms with van der Waals surface area (Å²) in [5, 5.41) is 6.48. The normalized spacial score (nSPS) is 20.2. The third-order valence-electron chi connectivity index (χ3n) is 8.27. The van der Waals surface area contributed by atoms with Gasteiger partial charge in [-0.15, -0.1) is 0 Å². The number of hydrogen-bond acceptors (Lipinski definition) is 5. The van der Waals surface area contributed by atoms with Gasteiger partial charge in [0.25, 0.3) is 0 Å². The van der Waals surface area contributed by atoms with Crippen LogP contribution in [0, 0.1) is 0 Å². The summed E-state index contributed by atoms with van der Waals surface area (Å²) in [6, 6.07) is 26.9. The van der Waals surface area contributed by atoms with E-state index in [0.717, 1.165) is 29.5 Å². The lowest BCUT2D eigenvalue weighted by molar-refractivity contribution is -0.138. The molecule has 4 atom stereocenters. The minimum absolute atomic E-state index is 0.0441. The van der Waals surface area contributed by atoms with Crippen LogP contribution in [0.3, 0.4) is 0 Å². The average Bonchev–Trinajstić information content (AvgIpc) is 3.45. The van der Waals surface area contributed by atoms with E-state index >= 15 is 0 Å². The molecule has 5 rings (SSSR count). The molecule has 2 aliphatic heterocycles. The molecule has 2 amide bonds. The van der Waals surface area contributed by atoms with Crippen molar-refractivity contribution in [2.45, 2.75) is 69.5 Å². The van der Waals surface area contributed by atoms with E-state index in [9.17, 15) is 9.59 Å². The summed E-state index contributed by atoms with van der Waals surface area (Å²) >= 11 is 0. The molecule has 6 N–H and O–H groups in total. The van der Waals surface area contributed by atoms with Crippen LogP contribution in [0.2, 0.25) is 0 Å². The molecular weight excluding hydrogens is 540 g/mol. The van der Waals surface area contributed by atoms with Crippen molar-refractivity contribution in [1.29, 1.82) is 0 Å². The Morgan fingerprint density at radius 1 is 0.953 bits per heavy atom. The zero-order chi connectivity index (χ0) is 30.0. The SMILES string of the molecule is NC(N)=NCCC[C@H]1C[C@@H](OCc2ccccc2)CN1C(=O)[C@@H](Cc1ccccc1)NC(=O)[C@H]1Cc2ccccc2CN1. The number of nitrogens with zero attached hydrogens (tertiary/aromatic N) is 2. The Labute approximate surface area is 253 Å². The van der Waals surface area contributed by atoms with Gasteiger partial charge in [-0.25, -0.2) is 0 Å². The van der Waals surface area contributed by atoms with Gasteiger partial charge in [-0.1, -0.05) is 84.9 Å². The highest BCUT2D eigenvalue weighted by Gasteiger charge is 2.39. The van der Waals surface area contributed by atoms with Crippen LogP contribution in [0.4, 0.5) is 0 Å². The molecule has 3 aromatic carbocycles. The van der Waals surface area contributed by atoms with Crippen molar-refractivity contribution < 1.29 is 14.3 Å². The van der Waals surface area contributed by atoms with Crippen molar-refractivity contribution in [1.82, 2.24) is 15.5 Å². The van der Waals surface area contributed by atoms with Crippen molar-refractivity contribution in [3.05, 3.63) is 107 Å². The van der Waals surface area contributed by atoms with Gasteiger partial charge in [-0.2, -0.15) is 0 Å². The Hall–Kier alpha value is -4.21. The van der Waals surface area contributed by atoms with Crippen molar-refractivity contribution in [3.63, 3.8) is 0 Å². The maximum Gasteiger partial charge on any atom is 0.245 e. The van der Waals surface area contributed by atoms with Crippen LogP contribution < -0.4 is 22.1 Å². The molecule has 9 nitrogen and oxygen atoms in total. The number of rotatable bonds is 12. The predicted octanol–water partition coefficient (Wildman–Crippen LogP) is 2.67. The molecule has 2 heterocycles. The molecule has 2 aliphatic rings. The van der Waals surface area contributed by atoms with Gasteiger partial charge < -0.3 is 31.7 Å². The highest BCUT2D eigenvalue weighted by Crippen LogP contribution is 2.27. The van der Waals surface area contributed by atoms with Gasteiger partial charge in [0.15, 0.2) is 5.96 Å². The standard InChI is InChI=1S/C34H42N6O3/c35-34(36)37-17-9-16-28-20-29(43-23-25-12-5-2-6-13-25)22-40(28)33(42)31(18-24-10-3-1-4-11-24)39-32(41)30-19-26-14-7-8-15-27(26)21-38-30/h1-8,10-15,28-31,38H,9,16-23H2,(H,39,41)(H4,35,36,37)/t28-,29+,30+,31+/m0/s1. The van der Waals surface area contributed by atoms with Crippen LogP contribution in [0.5, 0.6) is 0 Å². The first-order chi connectivity index (χ1) is 21.0. The summed E-state index contributed by atoms with van der Waals surface area (Å²) in [4.78, 5) is 33.9. The number of nitrogens with two attached hydrogens (primary N) is 2. The maximum atomic E-state index is 14.3. The third kappa shape index (κ3) is 8.43. The summed E-state index contributed by atoms with van der Waals surface area (Å²) in [6.45, 7) is 2.06. The number of nitrogens with one attached hydrogen (secondary N) is 2. The second-order valence-corrected chi connectivity index (χ2v) is 11.4. The van der Waals surface area contributed by atoms with Crippen molar-refractivity contribution in [2.24, 2.45) is 16.5 Å². The zero-order valence-electron chi connectivity index (χ0n) is 24.5. The van der Waals surface area contributed by atoms with Crippen LogP contribution in [0.25, 0.3) is 0 Å². The lowest BCUT2D eigenvalue weighted by Gasteiger charge is -2.31. The van der Waals surface area contributed by atoms with Gasteiger partial charge in [-0.05, 0) is 47.9 Å². The van der Waals surface area contributed by atoms with Crippen molar-refractivity contribution in [3.8, 4) is 0 Å². The van der Waals surface area contributed by atoms with Gasteiger partial charge in [0.1, 0.15) is 6.04 Å². The Balaban J connectivity index is 1.31. The van der Waals surface area contributed by atoms with Crippen LogP contribution >= 0.6 is 0 Å². The molecule has 3 aromatic rings. The topological polar surface area (TPSA) is 135 Å². The quantitative estimate of drug-likeness (QED) is 0.147. The first-order valence-corrected chi connectivity index (χ1v) is 15.1. The number of likely N-dealkylation sites (tertiary alicyclic amines) is 1. The average molecular weight is 583 g/mol. The number of aliphatic imine (C=N–C) groups is 1. The van der Waals surface area contributed by atoms with E-state index in [1.54, 1.807) is 0 Å². The molecule has 0 radical (unpaired) electrons. The maximum absolute atomic E-state index is 14.3. The van der Waals surface area contributed by atoms with E-state index in [-0.39, 0.29) is 29.9 Å². The molecule has 0 spiro atoms. The molecule has 0 saturated carbocycles. The number of carbonyl (C=O) groups excluding carboxylic acids is 2. The predicted molar refractivity (Wildman–Crippen MR) is 168 cm³/mol. The van der Waals surface area contributed by atoms with Gasteiger partial charge in [0.2, 0.25) is 11.8 Å². The lowest BCUT2D eigenvalue weighted by atomic mass is 9.95.